The van der Waals surface area contributed by atoms with Gasteiger partial charge in [-0.25, -0.2) is 0 Å². The number of para-hydroxylation sites is 1. The van der Waals surface area contributed by atoms with E-state index in [0.29, 0.717) is 13.1 Å². The number of hydrogen-bond acceptors (Lipinski definition) is 4. The van der Waals surface area contributed by atoms with E-state index in [1.165, 1.54) is 18.4 Å². The molecule has 1 fully saturated rings. The van der Waals surface area contributed by atoms with Crippen molar-refractivity contribution in [2.75, 3.05) is 46.4 Å². The summed E-state index contributed by atoms with van der Waals surface area (Å²) in [6.45, 7) is 6.26. The van der Waals surface area contributed by atoms with Crippen LogP contribution in [0.15, 0.2) is 29.3 Å². The number of nitrogens with one attached hydrogen (secondary N) is 2. The summed E-state index contributed by atoms with van der Waals surface area (Å²) in [7, 11) is 1.72. The highest BCUT2D eigenvalue weighted by atomic mass is 16.5. The van der Waals surface area contributed by atoms with Gasteiger partial charge in [0.15, 0.2) is 5.96 Å². The first-order valence-corrected chi connectivity index (χ1v) is 8.80. The van der Waals surface area contributed by atoms with Gasteiger partial charge in [0.05, 0.1) is 26.3 Å². The number of nitrogens with zero attached hydrogens (tertiary/aromatic N) is 2. The Hall–Kier alpha value is -1.79. The normalized spacial score (nSPS) is 16.9. The zero-order valence-corrected chi connectivity index (χ0v) is 14.8. The van der Waals surface area contributed by atoms with Crippen molar-refractivity contribution in [3.63, 3.8) is 0 Å². The minimum Gasteiger partial charge on any atom is -0.496 e. The van der Waals surface area contributed by atoms with E-state index in [1.807, 2.05) is 19.1 Å². The summed E-state index contributed by atoms with van der Waals surface area (Å²) >= 11 is 0. The Morgan fingerprint density at radius 3 is 2.71 bits per heavy atom. The predicted molar refractivity (Wildman–Crippen MR) is 97.6 cm³/mol. The third-order valence-electron chi connectivity index (χ3n) is 4.25. The molecule has 2 rings (SSSR count). The smallest absolute Gasteiger partial charge is 0.191 e. The second kappa shape index (κ2) is 10.2. The van der Waals surface area contributed by atoms with Gasteiger partial charge in [-0.1, -0.05) is 18.2 Å². The van der Waals surface area contributed by atoms with Crippen molar-refractivity contribution < 1.29 is 9.84 Å². The molecule has 3 N–H and O–H groups in total. The van der Waals surface area contributed by atoms with E-state index in [9.17, 15) is 0 Å². The number of hydrogen-bond donors (Lipinski definition) is 3. The SMILES string of the molecule is CCNC(=NCC(c1ccccc1OC)N1CCCC1)NCCO. The number of benzene rings is 1. The van der Waals surface area contributed by atoms with Crippen LogP contribution in [0, 0.1) is 0 Å². The van der Waals surface area contributed by atoms with Gasteiger partial charge in [0.1, 0.15) is 5.75 Å². The summed E-state index contributed by atoms with van der Waals surface area (Å²) in [6, 6.07) is 8.40. The van der Waals surface area contributed by atoms with Crippen LogP contribution in [0.5, 0.6) is 5.75 Å². The van der Waals surface area contributed by atoms with E-state index >= 15 is 0 Å². The van der Waals surface area contributed by atoms with Gasteiger partial charge in [-0.2, -0.15) is 0 Å². The quantitative estimate of drug-likeness (QED) is 0.495. The number of guanidine groups is 1. The lowest BCUT2D eigenvalue weighted by molar-refractivity contribution is 0.245. The van der Waals surface area contributed by atoms with Crippen LogP contribution in [0.4, 0.5) is 0 Å². The maximum atomic E-state index is 9.01. The maximum Gasteiger partial charge on any atom is 0.191 e. The van der Waals surface area contributed by atoms with Gasteiger partial charge >= 0.3 is 0 Å². The van der Waals surface area contributed by atoms with Crippen molar-refractivity contribution in [1.82, 2.24) is 15.5 Å². The van der Waals surface area contributed by atoms with Gasteiger partial charge in [-0.15, -0.1) is 0 Å². The molecule has 1 saturated heterocycles. The van der Waals surface area contributed by atoms with E-state index in [2.05, 4.69) is 27.7 Å². The Morgan fingerprint density at radius 2 is 2.04 bits per heavy atom. The van der Waals surface area contributed by atoms with E-state index in [0.717, 1.165) is 31.3 Å². The van der Waals surface area contributed by atoms with E-state index < -0.39 is 0 Å². The van der Waals surface area contributed by atoms with Crippen molar-refractivity contribution in [2.24, 2.45) is 4.99 Å². The van der Waals surface area contributed by atoms with Crippen molar-refractivity contribution in [1.29, 1.82) is 0 Å². The standard InChI is InChI=1S/C18H30N4O2/c1-3-19-18(20-10-13-23)21-14-16(22-11-6-7-12-22)15-8-4-5-9-17(15)24-2/h4-5,8-9,16,23H,3,6-7,10-14H2,1-2H3,(H2,19,20,21). The fourth-order valence-corrected chi connectivity index (χ4v) is 3.10. The summed E-state index contributed by atoms with van der Waals surface area (Å²) in [5.74, 6) is 1.66. The van der Waals surface area contributed by atoms with Crippen LogP contribution in [0.2, 0.25) is 0 Å². The second-order valence-electron chi connectivity index (χ2n) is 5.87. The van der Waals surface area contributed by atoms with Crippen molar-refractivity contribution in [3.8, 4) is 5.75 Å². The Bertz CT molecular complexity index is 515. The van der Waals surface area contributed by atoms with Crippen LogP contribution in [0.3, 0.4) is 0 Å². The van der Waals surface area contributed by atoms with Crippen molar-refractivity contribution >= 4 is 5.96 Å². The van der Waals surface area contributed by atoms with Gasteiger partial charge in [0.25, 0.3) is 0 Å². The van der Waals surface area contributed by atoms with Gasteiger partial charge in [-0.05, 0) is 38.9 Å². The Morgan fingerprint density at radius 1 is 1.29 bits per heavy atom. The van der Waals surface area contributed by atoms with Crippen LogP contribution < -0.4 is 15.4 Å². The summed E-state index contributed by atoms with van der Waals surface area (Å²) in [5.41, 5.74) is 1.18. The zero-order chi connectivity index (χ0) is 17.2. The minimum absolute atomic E-state index is 0.0898. The minimum atomic E-state index is 0.0898. The summed E-state index contributed by atoms with van der Waals surface area (Å²) in [4.78, 5) is 7.22. The highest BCUT2D eigenvalue weighted by Gasteiger charge is 2.25. The average molecular weight is 334 g/mol. The molecule has 1 aromatic rings. The van der Waals surface area contributed by atoms with Crippen LogP contribution >= 0.6 is 0 Å². The summed E-state index contributed by atoms with van der Waals surface area (Å²) < 4.78 is 5.57. The predicted octanol–water partition coefficient (Wildman–Crippen LogP) is 1.38. The fourth-order valence-electron chi connectivity index (χ4n) is 3.10. The molecule has 0 aromatic heterocycles. The highest BCUT2D eigenvalue weighted by Crippen LogP contribution is 2.31. The van der Waals surface area contributed by atoms with Crippen LogP contribution in [0.25, 0.3) is 0 Å². The molecule has 0 amide bonds. The van der Waals surface area contributed by atoms with E-state index in [4.69, 9.17) is 14.8 Å². The third-order valence-corrected chi connectivity index (χ3v) is 4.25. The molecule has 134 valence electrons. The van der Waals surface area contributed by atoms with Gasteiger partial charge < -0.3 is 20.5 Å². The average Bonchev–Trinajstić information content (AvgIpc) is 3.14. The monoisotopic (exact) mass is 334 g/mol. The van der Waals surface area contributed by atoms with Crippen molar-refractivity contribution in [2.45, 2.75) is 25.8 Å². The van der Waals surface area contributed by atoms with Gasteiger partial charge in [-0.3, -0.25) is 9.89 Å². The van der Waals surface area contributed by atoms with Crippen LogP contribution in [-0.2, 0) is 0 Å². The van der Waals surface area contributed by atoms with E-state index in [1.54, 1.807) is 7.11 Å². The summed E-state index contributed by atoms with van der Waals surface area (Å²) in [6.07, 6.45) is 2.47. The highest BCUT2D eigenvalue weighted by molar-refractivity contribution is 5.79. The number of rotatable bonds is 8. The molecule has 0 radical (unpaired) electrons. The first-order chi connectivity index (χ1) is 11.8. The zero-order valence-electron chi connectivity index (χ0n) is 14.8. The fraction of sp³-hybridized carbons (Fsp3) is 0.611. The van der Waals surface area contributed by atoms with Crippen molar-refractivity contribution in [3.05, 3.63) is 29.8 Å². The Kier molecular flexibility index (Phi) is 7.85. The number of aliphatic imine (C=N–C) groups is 1. The lowest BCUT2D eigenvalue weighted by Crippen LogP contribution is -2.39. The molecule has 1 unspecified atom stereocenters. The Balaban J connectivity index is 2.19. The maximum absolute atomic E-state index is 9.01. The van der Waals surface area contributed by atoms with E-state index in [-0.39, 0.29) is 12.6 Å². The summed E-state index contributed by atoms with van der Waals surface area (Å²) in [5, 5.41) is 15.4. The first kappa shape index (κ1) is 18.5. The van der Waals surface area contributed by atoms with Crippen LogP contribution in [0.1, 0.15) is 31.4 Å². The molecule has 6 nitrogen and oxygen atoms in total. The van der Waals surface area contributed by atoms with Crippen LogP contribution in [-0.4, -0.2) is 62.4 Å². The molecule has 1 aromatic carbocycles. The van der Waals surface area contributed by atoms with Gasteiger partial charge in [0, 0.05) is 18.7 Å². The molecular formula is C18H30N4O2. The number of methoxy groups -OCH3 is 1. The Labute approximate surface area is 144 Å². The third kappa shape index (κ3) is 5.11. The molecule has 0 aliphatic carbocycles. The number of aliphatic hydroxyl groups is 1. The molecule has 24 heavy (non-hydrogen) atoms. The first-order valence-electron chi connectivity index (χ1n) is 8.80. The lowest BCUT2D eigenvalue weighted by atomic mass is 10.0. The number of aliphatic hydroxyl groups excluding tert-OH is 1. The molecule has 0 saturated carbocycles. The molecule has 6 heteroatoms. The largest absolute Gasteiger partial charge is 0.496 e. The molecule has 1 heterocycles. The molecular weight excluding hydrogens is 304 g/mol. The lowest BCUT2D eigenvalue weighted by Gasteiger charge is -2.28. The molecule has 0 bridgehead atoms. The van der Waals surface area contributed by atoms with Gasteiger partial charge in [0.2, 0.25) is 0 Å². The number of ether oxygens (including phenoxy) is 1. The molecule has 1 aliphatic heterocycles. The molecule has 1 atom stereocenters. The second-order valence-corrected chi connectivity index (χ2v) is 5.87. The topological polar surface area (TPSA) is 69.1 Å². The molecule has 0 spiro atoms. The molecule has 1 aliphatic rings. The number of likely N-dealkylation sites (tertiary alicyclic amines) is 1.